The molecule has 0 atom stereocenters. The quantitative estimate of drug-likeness (QED) is 0.374. The van der Waals surface area contributed by atoms with E-state index < -0.39 is 0 Å². The monoisotopic (exact) mass is 404 g/mol. The highest BCUT2D eigenvalue weighted by molar-refractivity contribution is 7.19. The summed E-state index contributed by atoms with van der Waals surface area (Å²) in [6, 6.07) is 8.56. The molecule has 5 heteroatoms. The van der Waals surface area contributed by atoms with Crippen LogP contribution in [0.25, 0.3) is 26.8 Å². The molecule has 0 aliphatic heterocycles. The van der Waals surface area contributed by atoms with E-state index in [1.807, 2.05) is 12.3 Å². The summed E-state index contributed by atoms with van der Waals surface area (Å²) in [6.07, 6.45) is 4.08. The van der Waals surface area contributed by atoms with Gasteiger partial charge in [0, 0.05) is 11.8 Å². The predicted octanol–water partition coefficient (Wildman–Crippen LogP) is 6.66. The van der Waals surface area contributed by atoms with Crippen LogP contribution in [0.15, 0.2) is 30.5 Å². The van der Waals surface area contributed by atoms with Gasteiger partial charge in [0.2, 0.25) is 0 Å². The van der Waals surface area contributed by atoms with Gasteiger partial charge in [0.1, 0.15) is 5.69 Å². The number of fused-ring (bicyclic) bond motifs is 1. The Morgan fingerprint density at radius 2 is 1.79 bits per heavy atom. The second-order valence-electron chi connectivity index (χ2n) is 7.83. The van der Waals surface area contributed by atoms with Gasteiger partial charge in [-0.15, -0.1) is 11.3 Å². The van der Waals surface area contributed by atoms with Crippen molar-refractivity contribution in [3.63, 3.8) is 0 Å². The number of nitrogens with zero attached hydrogens (tertiary/aromatic N) is 4. The maximum atomic E-state index is 4.98. The average Bonchev–Trinajstić information content (AvgIpc) is 3.22. The molecule has 0 saturated carbocycles. The molecular weight excluding hydrogens is 376 g/mol. The first-order valence-electron chi connectivity index (χ1n) is 10.3. The first-order chi connectivity index (χ1) is 13.9. The van der Waals surface area contributed by atoms with Gasteiger partial charge in [-0.05, 0) is 75.8 Å². The number of hydrogen-bond donors (Lipinski definition) is 0. The molecule has 0 saturated heterocycles. The number of aryl methyl sites for hydroxylation is 4. The topological polar surface area (TPSA) is 43.1 Å². The number of aromatic nitrogens is 4. The van der Waals surface area contributed by atoms with E-state index in [9.17, 15) is 0 Å². The summed E-state index contributed by atoms with van der Waals surface area (Å²) >= 11 is 1.78. The molecule has 4 aromatic heterocycles. The summed E-state index contributed by atoms with van der Waals surface area (Å²) in [6.45, 7) is 13.0. The Bertz CT molecular complexity index is 1180. The van der Waals surface area contributed by atoms with Crippen LogP contribution < -0.4 is 0 Å². The largest absolute Gasteiger partial charge is 0.255 e. The summed E-state index contributed by atoms with van der Waals surface area (Å²) in [5.41, 5.74) is 8.98. The lowest BCUT2D eigenvalue weighted by Gasteiger charge is -2.14. The van der Waals surface area contributed by atoms with Crippen LogP contribution in [0, 0.1) is 27.7 Å². The summed E-state index contributed by atoms with van der Waals surface area (Å²) in [5.74, 6) is 0.505. The van der Waals surface area contributed by atoms with E-state index in [1.165, 1.54) is 26.4 Å². The molecule has 150 valence electrons. The van der Waals surface area contributed by atoms with Gasteiger partial charge in [0.25, 0.3) is 0 Å². The second kappa shape index (κ2) is 7.71. The molecule has 0 aromatic carbocycles. The van der Waals surface area contributed by atoms with E-state index in [2.05, 4.69) is 69.2 Å². The molecule has 0 bridgehead atoms. The SMILES string of the molecule is CCC(CC)c1cc(C)nn2c(-c3sc(-c4ncccc4C)cc3C)c(C)nc12. The fourth-order valence-corrected chi connectivity index (χ4v) is 5.46. The Hall–Kier alpha value is -2.53. The molecule has 0 N–H and O–H groups in total. The van der Waals surface area contributed by atoms with Crippen molar-refractivity contribution in [3.05, 3.63) is 58.5 Å². The van der Waals surface area contributed by atoms with E-state index in [4.69, 9.17) is 10.1 Å². The number of thiophene rings is 1. The molecule has 4 rings (SSSR count). The van der Waals surface area contributed by atoms with Crippen molar-refractivity contribution in [3.8, 4) is 21.1 Å². The molecule has 0 fully saturated rings. The van der Waals surface area contributed by atoms with Gasteiger partial charge in [0.05, 0.1) is 26.8 Å². The zero-order chi connectivity index (χ0) is 20.7. The number of pyridine rings is 1. The van der Waals surface area contributed by atoms with Gasteiger partial charge in [-0.1, -0.05) is 19.9 Å². The Labute approximate surface area is 176 Å². The van der Waals surface area contributed by atoms with E-state index in [1.54, 1.807) is 11.3 Å². The van der Waals surface area contributed by atoms with E-state index in [0.29, 0.717) is 5.92 Å². The first-order valence-corrected chi connectivity index (χ1v) is 11.2. The molecular formula is C24H28N4S. The molecule has 0 unspecified atom stereocenters. The third-order valence-corrected chi connectivity index (χ3v) is 6.96. The van der Waals surface area contributed by atoms with Crippen molar-refractivity contribution in [1.29, 1.82) is 0 Å². The molecule has 0 spiro atoms. The molecule has 0 aliphatic rings. The minimum Gasteiger partial charge on any atom is -0.255 e. The minimum atomic E-state index is 0.505. The number of imidazole rings is 1. The lowest BCUT2D eigenvalue weighted by atomic mass is 9.95. The smallest absolute Gasteiger partial charge is 0.158 e. The van der Waals surface area contributed by atoms with Crippen LogP contribution in [0.1, 0.15) is 60.7 Å². The Morgan fingerprint density at radius 1 is 1.03 bits per heavy atom. The van der Waals surface area contributed by atoms with E-state index >= 15 is 0 Å². The predicted molar refractivity (Wildman–Crippen MR) is 122 cm³/mol. The maximum Gasteiger partial charge on any atom is 0.158 e. The number of hydrogen-bond acceptors (Lipinski definition) is 4. The van der Waals surface area contributed by atoms with Crippen molar-refractivity contribution in [2.24, 2.45) is 0 Å². The van der Waals surface area contributed by atoms with Crippen LogP contribution >= 0.6 is 11.3 Å². The fraction of sp³-hybridized carbons (Fsp3) is 0.375. The molecule has 0 aliphatic carbocycles. The standard InChI is InChI=1S/C24H28N4S/c1-7-18(8-2)19-13-16(5)27-28-22(17(6)26-24(19)28)23-15(4)12-20(29-23)21-14(3)10-9-11-25-21/h9-13,18H,7-8H2,1-6H3. The highest BCUT2D eigenvalue weighted by Crippen LogP contribution is 2.40. The molecule has 4 nitrogen and oxygen atoms in total. The van der Waals surface area contributed by atoms with Gasteiger partial charge in [0.15, 0.2) is 5.65 Å². The average molecular weight is 405 g/mol. The summed E-state index contributed by atoms with van der Waals surface area (Å²) in [7, 11) is 0. The van der Waals surface area contributed by atoms with Crippen LogP contribution in [0.4, 0.5) is 0 Å². The van der Waals surface area contributed by atoms with Crippen LogP contribution in [0.2, 0.25) is 0 Å². The third kappa shape index (κ3) is 3.38. The lowest BCUT2D eigenvalue weighted by Crippen LogP contribution is -2.05. The van der Waals surface area contributed by atoms with E-state index in [0.717, 1.165) is 41.3 Å². The Morgan fingerprint density at radius 3 is 2.48 bits per heavy atom. The summed E-state index contributed by atoms with van der Waals surface area (Å²) < 4.78 is 2.08. The molecule has 0 amide bonds. The Balaban J connectivity index is 1.94. The van der Waals surface area contributed by atoms with Crippen molar-refractivity contribution < 1.29 is 0 Å². The molecule has 4 heterocycles. The highest BCUT2D eigenvalue weighted by atomic mass is 32.1. The third-order valence-electron chi connectivity index (χ3n) is 5.71. The Kier molecular flexibility index (Phi) is 5.26. The fourth-order valence-electron chi connectivity index (χ4n) is 4.15. The summed E-state index contributed by atoms with van der Waals surface area (Å²) in [4.78, 5) is 12.0. The highest BCUT2D eigenvalue weighted by Gasteiger charge is 2.22. The van der Waals surface area contributed by atoms with Crippen molar-refractivity contribution in [2.45, 2.75) is 60.3 Å². The zero-order valence-electron chi connectivity index (χ0n) is 18.1. The molecule has 4 aromatic rings. The first kappa shape index (κ1) is 19.8. The minimum absolute atomic E-state index is 0.505. The van der Waals surface area contributed by atoms with Crippen LogP contribution in [-0.4, -0.2) is 19.6 Å². The van der Waals surface area contributed by atoms with Crippen LogP contribution in [0.5, 0.6) is 0 Å². The van der Waals surface area contributed by atoms with Crippen molar-refractivity contribution in [1.82, 2.24) is 19.6 Å². The number of rotatable bonds is 5. The van der Waals surface area contributed by atoms with Gasteiger partial charge >= 0.3 is 0 Å². The lowest BCUT2D eigenvalue weighted by molar-refractivity contribution is 0.638. The second-order valence-corrected chi connectivity index (χ2v) is 8.88. The summed E-state index contributed by atoms with van der Waals surface area (Å²) in [5, 5.41) is 4.87. The molecule has 0 radical (unpaired) electrons. The van der Waals surface area contributed by atoms with Crippen molar-refractivity contribution in [2.75, 3.05) is 0 Å². The van der Waals surface area contributed by atoms with Gasteiger partial charge < -0.3 is 0 Å². The van der Waals surface area contributed by atoms with Gasteiger partial charge in [-0.3, -0.25) is 4.98 Å². The normalized spacial score (nSPS) is 11.7. The van der Waals surface area contributed by atoms with Gasteiger partial charge in [-0.25, -0.2) is 9.50 Å². The van der Waals surface area contributed by atoms with Gasteiger partial charge in [-0.2, -0.15) is 5.10 Å². The van der Waals surface area contributed by atoms with Crippen molar-refractivity contribution >= 4 is 17.0 Å². The van der Waals surface area contributed by atoms with Crippen LogP contribution in [0.3, 0.4) is 0 Å². The molecule has 29 heavy (non-hydrogen) atoms. The van der Waals surface area contributed by atoms with E-state index in [-0.39, 0.29) is 0 Å². The maximum absolute atomic E-state index is 4.98. The zero-order valence-corrected chi connectivity index (χ0v) is 18.9. The van der Waals surface area contributed by atoms with Crippen LogP contribution in [-0.2, 0) is 0 Å².